The number of aromatic nitrogens is 3. The Balaban J connectivity index is 2.47. The summed E-state index contributed by atoms with van der Waals surface area (Å²) in [6.07, 6.45) is 3.13. The second-order valence-corrected chi connectivity index (χ2v) is 3.79. The van der Waals surface area contributed by atoms with E-state index in [1.165, 1.54) is 10.9 Å². The molecule has 104 valence electrons. The first-order chi connectivity index (χ1) is 9.06. The molecule has 0 fully saturated rings. The van der Waals surface area contributed by atoms with Gasteiger partial charge in [-0.3, -0.25) is 4.79 Å². The third-order valence-corrected chi connectivity index (χ3v) is 2.32. The van der Waals surface area contributed by atoms with Crippen LogP contribution in [0.15, 0.2) is 18.9 Å². The van der Waals surface area contributed by atoms with Gasteiger partial charge in [0, 0.05) is 13.1 Å². The lowest BCUT2D eigenvalue weighted by atomic mass is 10.4. The Bertz CT molecular complexity index is 457. The van der Waals surface area contributed by atoms with Crippen LogP contribution in [0.4, 0.5) is 4.79 Å². The third-order valence-electron chi connectivity index (χ3n) is 2.32. The average Bonchev–Trinajstić information content (AvgIpc) is 2.79. The molecule has 0 aliphatic heterocycles. The van der Waals surface area contributed by atoms with Gasteiger partial charge in [0.2, 0.25) is 0 Å². The molecule has 2 N–H and O–H groups in total. The standard InChI is InChI=1S/C11H17N5O3/c1-3-5-15(4-2)11(19)12-6-9-7-16(14-13-9)8-10(17)18/h3,7H,1,4-6,8H2,2H3,(H,12,19)(H,17,18). The molecule has 0 atom stereocenters. The number of carboxylic acid groups (broad SMARTS) is 1. The number of carbonyl (C=O) groups excluding carboxylic acids is 1. The molecule has 19 heavy (non-hydrogen) atoms. The molecule has 8 heteroatoms. The van der Waals surface area contributed by atoms with Crippen LogP contribution < -0.4 is 5.32 Å². The molecule has 0 aromatic carbocycles. The summed E-state index contributed by atoms with van der Waals surface area (Å²) in [4.78, 5) is 23.8. The van der Waals surface area contributed by atoms with Crippen molar-refractivity contribution < 1.29 is 14.7 Å². The molecule has 0 spiro atoms. The Morgan fingerprint density at radius 1 is 1.63 bits per heavy atom. The second kappa shape index (κ2) is 7.14. The maximum atomic E-state index is 11.7. The van der Waals surface area contributed by atoms with Crippen molar-refractivity contribution in [3.8, 4) is 0 Å². The van der Waals surface area contributed by atoms with E-state index in [0.717, 1.165) is 0 Å². The number of carboxylic acids is 1. The van der Waals surface area contributed by atoms with Crippen molar-refractivity contribution in [3.63, 3.8) is 0 Å². The lowest BCUT2D eigenvalue weighted by Gasteiger charge is -2.18. The first-order valence-corrected chi connectivity index (χ1v) is 5.81. The molecule has 1 aromatic heterocycles. The molecule has 0 saturated carbocycles. The van der Waals surface area contributed by atoms with Crippen molar-refractivity contribution >= 4 is 12.0 Å². The van der Waals surface area contributed by atoms with Crippen LogP contribution in [-0.2, 0) is 17.9 Å². The monoisotopic (exact) mass is 267 g/mol. The molecule has 1 aromatic rings. The number of nitrogens with zero attached hydrogens (tertiary/aromatic N) is 4. The van der Waals surface area contributed by atoms with E-state index in [9.17, 15) is 9.59 Å². The molecule has 8 nitrogen and oxygen atoms in total. The predicted molar refractivity (Wildman–Crippen MR) is 67.3 cm³/mol. The van der Waals surface area contributed by atoms with Crippen molar-refractivity contribution in [1.29, 1.82) is 0 Å². The maximum absolute atomic E-state index is 11.7. The highest BCUT2D eigenvalue weighted by Crippen LogP contribution is 1.95. The van der Waals surface area contributed by atoms with Gasteiger partial charge in [0.05, 0.1) is 12.7 Å². The van der Waals surface area contributed by atoms with Crippen LogP contribution in [0, 0.1) is 0 Å². The number of hydrogen-bond acceptors (Lipinski definition) is 4. The largest absolute Gasteiger partial charge is 0.480 e. The molecular weight excluding hydrogens is 250 g/mol. The van der Waals surface area contributed by atoms with E-state index in [4.69, 9.17) is 5.11 Å². The molecule has 1 rings (SSSR count). The zero-order valence-electron chi connectivity index (χ0n) is 10.7. The molecule has 0 radical (unpaired) electrons. The van der Waals surface area contributed by atoms with Gasteiger partial charge < -0.3 is 15.3 Å². The number of aliphatic carboxylic acids is 1. The number of carbonyl (C=O) groups is 2. The molecular formula is C11H17N5O3. The summed E-state index contributed by atoms with van der Waals surface area (Å²) in [5.74, 6) is -0.997. The zero-order chi connectivity index (χ0) is 14.3. The third kappa shape index (κ3) is 4.78. The fourth-order valence-corrected chi connectivity index (χ4v) is 1.42. The SMILES string of the molecule is C=CCN(CC)C(=O)NCc1cn(CC(=O)O)nn1. The van der Waals surface area contributed by atoms with Gasteiger partial charge >= 0.3 is 12.0 Å². The van der Waals surface area contributed by atoms with Crippen LogP contribution >= 0.6 is 0 Å². The number of nitrogens with one attached hydrogen (secondary N) is 1. The summed E-state index contributed by atoms with van der Waals surface area (Å²) in [5, 5.41) is 18.7. The number of likely N-dealkylation sites (N-methyl/N-ethyl adjacent to an activating group) is 1. The number of rotatable bonds is 7. The summed E-state index contributed by atoms with van der Waals surface area (Å²) < 4.78 is 1.20. The van der Waals surface area contributed by atoms with E-state index < -0.39 is 5.97 Å². The van der Waals surface area contributed by atoms with Crippen LogP contribution in [0.5, 0.6) is 0 Å². The fraction of sp³-hybridized carbons (Fsp3) is 0.455. The van der Waals surface area contributed by atoms with E-state index in [1.54, 1.807) is 11.0 Å². The van der Waals surface area contributed by atoms with Crippen molar-refractivity contribution in [3.05, 3.63) is 24.5 Å². The van der Waals surface area contributed by atoms with Gasteiger partial charge in [0.1, 0.15) is 12.2 Å². The normalized spacial score (nSPS) is 9.95. The topological polar surface area (TPSA) is 100 Å². The quantitative estimate of drug-likeness (QED) is 0.681. The summed E-state index contributed by atoms with van der Waals surface area (Å²) in [6, 6.07) is -0.227. The molecule has 0 aliphatic rings. The Morgan fingerprint density at radius 2 is 2.37 bits per heavy atom. The van der Waals surface area contributed by atoms with Crippen LogP contribution in [0.1, 0.15) is 12.6 Å². The van der Waals surface area contributed by atoms with Gasteiger partial charge in [-0.05, 0) is 6.92 Å². The molecule has 0 saturated heterocycles. The summed E-state index contributed by atoms with van der Waals surface area (Å²) in [6.45, 7) is 6.43. The van der Waals surface area contributed by atoms with Crippen LogP contribution in [0.2, 0.25) is 0 Å². The van der Waals surface area contributed by atoms with Crippen molar-refractivity contribution in [1.82, 2.24) is 25.2 Å². The van der Waals surface area contributed by atoms with Crippen LogP contribution in [-0.4, -0.2) is 50.1 Å². The van der Waals surface area contributed by atoms with E-state index in [1.807, 2.05) is 6.92 Å². The summed E-state index contributed by atoms with van der Waals surface area (Å²) >= 11 is 0. The minimum atomic E-state index is -0.997. The minimum Gasteiger partial charge on any atom is -0.480 e. The van der Waals surface area contributed by atoms with E-state index >= 15 is 0 Å². The van der Waals surface area contributed by atoms with Gasteiger partial charge in [-0.15, -0.1) is 11.7 Å². The first-order valence-electron chi connectivity index (χ1n) is 5.81. The Morgan fingerprint density at radius 3 is 2.95 bits per heavy atom. The molecule has 0 aliphatic carbocycles. The molecule has 1 heterocycles. The van der Waals surface area contributed by atoms with E-state index in [2.05, 4.69) is 22.2 Å². The first kappa shape index (κ1) is 14.7. The molecule has 0 bridgehead atoms. The minimum absolute atomic E-state index is 0.200. The summed E-state index contributed by atoms with van der Waals surface area (Å²) in [7, 11) is 0. The maximum Gasteiger partial charge on any atom is 0.325 e. The summed E-state index contributed by atoms with van der Waals surface area (Å²) in [5.41, 5.74) is 0.504. The fourth-order valence-electron chi connectivity index (χ4n) is 1.42. The van der Waals surface area contributed by atoms with Crippen LogP contribution in [0.25, 0.3) is 0 Å². The second-order valence-electron chi connectivity index (χ2n) is 3.79. The lowest BCUT2D eigenvalue weighted by molar-refractivity contribution is -0.137. The molecule has 2 amide bonds. The van der Waals surface area contributed by atoms with Gasteiger partial charge in [-0.1, -0.05) is 11.3 Å². The average molecular weight is 267 g/mol. The van der Waals surface area contributed by atoms with Crippen LogP contribution in [0.3, 0.4) is 0 Å². The highest BCUT2D eigenvalue weighted by molar-refractivity contribution is 5.74. The molecule has 0 unspecified atom stereocenters. The lowest BCUT2D eigenvalue weighted by Crippen LogP contribution is -2.39. The van der Waals surface area contributed by atoms with E-state index in [0.29, 0.717) is 18.8 Å². The van der Waals surface area contributed by atoms with E-state index in [-0.39, 0.29) is 19.1 Å². The highest BCUT2D eigenvalue weighted by Gasteiger charge is 2.10. The number of hydrogen-bond donors (Lipinski definition) is 2. The van der Waals surface area contributed by atoms with Crippen molar-refractivity contribution in [2.45, 2.75) is 20.0 Å². The van der Waals surface area contributed by atoms with Crippen molar-refractivity contribution in [2.24, 2.45) is 0 Å². The predicted octanol–water partition coefficient (Wildman–Crippen LogP) is 0.0802. The Kier molecular flexibility index (Phi) is 5.52. The smallest absolute Gasteiger partial charge is 0.325 e. The van der Waals surface area contributed by atoms with Gasteiger partial charge in [-0.2, -0.15) is 0 Å². The zero-order valence-corrected chi connectivity index (χ0v) is 10.7. The van der Waals surface area contributed by atoms with Gasteiger partial charge in [-0.25, -0.2) is 9.48 Å². The Hall–Kier alpha value is -2.38. The van der Waals surface area contributed by atoms with Gasteiger partial charge in [0.25, 0.3) is 0 Å². The number of urea groups is 1. The Labute approximate surface area is 110 Å². The highest BCUT2D eigenvalue weighted by atomic mass is 16.4. The van der Waals surface area contributed by atoms with Gasteiger partial charge in [0.15, 0.2) is 0 Å². The van der Waals surface area contributed by atoms with Crippen molar-refractivity contribution in [2.75, 3.05) is 13.1 Å². The number of amides is 2.